The monoisotopic (exact) mass is 415 g/mol. The minimum atomic E-state index is 0.319. The van der Waals surface area contributed by atoms with Crippen molar-refractivity contribution in [3.8, 4) is 17.1 Å². The summed E-state index contributed by atoms with van der Waals surface area (Å²) in [6.07, 6.45) is 2.90. The van der Waals surface area contributed by atoms with Gasteiger partial charge < -0.3 is 14.7 Å². The molecule has 0 saturated carbocycles. The Balaban J connectivity index is 0.00000103. The number of ether oxygens (including phenoxy) is 1. The molecule has 0 unspecified atom stereocenters. The molecule has 5 nitrogen and oxygen atoms in total. The smallest absolute Gasteiger partial charge is 0.222 e. The van der Waals surface area contributed by atoms with Crippen LogP contribution in [0, 0.1) is 0 Å². The topological polar surface area (TPSA) is 58.5 Å². The summed E-state index contributed by atoms with van der Waals surface area (Å²) in [6, 6.07) is 6.51. The Morgan fingerprint density at radius 3 is 2.13 bits per heavy atom. The van der Waals surface area contributed by atoms with Gasteiger partial charge in [0.25, 0.3) is 0 Å². The first-order chi connectivity index (χ1) is 14.2. The Kier molecular flexibility index (Phi) is 10.8. The molecule has 0 bridgehead atoms. The van der Waals surface area contributed by atoms with Gasteiger partial charge in [-0.3, -0.25) is 0 Å². The molecule has 0 saturated heterocycles. The van der Waals surface area contributed by atoms with Crippen LogP contribution in [0.3, 0.4) is 0 Å². The van der Waals surface area contributed by atoms with E-state index in [-0.39, 0.29) is 0 Å². The maximum atomic E-state index is 7.88. The van der Waals surface area contributed by atoms with Crippen LogP contribution < -0.4 is 9.64 Å². The Morgan fingerprint density at radius 1 is 1.07 bits per heavy atom. The van der Waals surface area contributed by atoms with Crippen LogP contribution >= 0.6 is 0 Å². The van der Waals surface area contributed by atoms with Crippen LogP contribution in [0.1, 0.15) is 83.0 Å². The van der Waals surface area contributed by atoms with Gasteiger partial charge in [0.2, 0.25) is 5.88 Å². The Bertz CT molecular complexity index is 786. The molecule has 0 aliphatic rings. The number of hydrogen-bond acceptors (Lipinski definition) is 5. The third-order valence-electron chi connectivity index (χ3n) is 5.20. The zero-order valence-electron chi connectivity index (χ0n) is 20.4. The van der Waals surface area contributed by atoms with E-state index >= 15 is 0 Å². The molecule has 0 spiro atoms. The van der Waals surface area contributed by atoms with E-state index in [0.717, 1.165) is 42.0 Å². The zero-order chi connectivity index (χ0) is 22.8. The molecule has 1 N–H and O–H groups in total. The summed E-state index contributed by atoms with van der Waals surface area (Å²) in [5.74, 6) is 2.52. The Morgan fingerprint density at radius 2 is 1.70 bits per heavy atom. The predicted octanol–water partition coefficient (Wildman–Crippen LogP) is 5.81. The van der Waals surface area contributed by atoms with Gasteiger partial charge in [0.15, 0.2) is 0 Å². The van der Waals surface area contributed by atoms with E-state index in [4.69, 9.17) is 19.8 Å². The maximum Gasteiger partial charge on any atom is 0.222 e. The van der Waals surface area contributed by atoms with Crippen LogP contribution in [0.25, 0.3) is 11.3 Å². The fourth-order valence-electron chi connectivity index (χ4n) is 3.12. The molecular formula is C25H41N3O2. The summed E-state index contributed by atoms with van der Waals surface area (Å²) in [6.45, 7) is 13.2. The molecule has 0 aliphatic carbocycles. The molecule has 0 radical (unpaired) electrons. The van der Waals surface area contributed by atoms with E-state index in [1.54, 1.807) is 7.11 Å². The van der Waals surface area contributed by atoms with Crippen molar-refractivity contribution in [2.75, 3.05) is 32.7 Å². The number of hydrogen-bond donors (Lipinski definition) is 1. The van der Waals surface area contributed by atoms with Gasteiger partial charge in [0, 0.05) is 26.4 Å². The molecule has 2 rings (SSSR count). The number of aliphatic hydroxyl groups excluding tert-OH is 1. The maximum absolute atomic E-state index is 7.88. The highest BCUT2D eigenvalue weighted by molar-refractivity contribution is 5.71. The summed E-state index contributed by atoms with van der Waals surface area (Å²) in [4.78, 5) is 11.9. The lowest BCUT2D eigenvalue weighted by atomic mass is 9.94. The highest BCUT2D eigenvalue weighted by Crippen LogP contribution is 2.36. The molecule has 0 aliphatic heterocycles. The van der Waals surface area contributed by atoms with Gasteiger partial charge >= 0.3 is 0 Å². The quantitative estimate of drug-likeness (QED) is 0.590. The zero-order valence-corrected chi connectivity index (χ0v) is 20.4. The minimum Gasteiger partial charge on any atom is -0.480 e. The molecule has 168 valence electrons. The molecule has 2 aromatic rings. The molecule has 0 amide bonds. The number of rotatable bonds is 8. The summed E-state index contributed by atoms with van der Waals surface area (Å²) >= 11 is 0. The number of anilines is 1. The van der Waals surface area contributed by atoms with Gasteiger partial charge in [-0.2, -0.15) is 0 Å². The third-order valence-corrected chi connectivity index (χ3v) is 5.20. The number of methoxy groups -OCH3 is 1. The normalized spacial score (nSPS) is 11.7. The average Bonchev–Trinajstić information content (AvgIpc) is 2.76. The van der Waals surface area contributed by atoms with Gasteiger partial charge in [-0.05, 0) is 60.4 Å². The Hall–Kier alpha value is -2.14. The molecule has 0 aromatic carbocycles. The molecule has 2 heterocycles. The fourth-order valence-corrected chi connectivity index (χ4v) is 3.12. The second kappa shape index (κ2) is 12.5. The fraction of sp³-hybridized carbons (Fsp3) is 0.600. The molecule has 30 heavy (non-hydrogen) atoms. The van der Waals surface area contributed by atoms with E-state index in [0.29, 0.717) is 24.3 Å². The second-order valence-corrected chi connectivity index (χ2v) is 8.14. The Labute approximate surface area is 183 Å². The third kappa shape index (κ3) is 6.43. The van der Waals surface area contributed by atoms with Gasteiger partial charge in [-0.25, -0.2) is 9.97 Å². The molecule has 0 fully saturated rings. The molecular weight excluding hydrogens is 374 g/mol. The summed E-state index contributed by atoms with van der Waals surface area (Å²) in [5.41, 5.74) is 5.52. The van der Waals surface area contributed by atoms with E-state index in [1.165, 1.54) is 11.1 Å². The summed E-state index contributed by atoms with van der Waals surface area (Å²) in [5, 5.41) is 7.88. The number of aliphatic hydroxyl groups is 1. The van der Waals surface area contributed by atoms with Crippen molar-refractivity contribution >= 4 is 5.82 Å². The first kappa shape index (κ1) is 25.9. The van der Waals surface area contributed by atoms with Crippen molar-refractivity contribution in [2.24, 2.45) is 0 Å². The lowest BCUT2D eigenvalue weighted by Crippen LogP contribution is -2.16. The number of aryl methyl sites for hydroxylation is 1. The van der Waals surface area contributed by atoms with Crippen molar-refractivity contribution in [3.05, 3.63) is 35.0 Å². The van der Waals surface area contributed by atoms with E-state index in [2.05, 4.69) is 71.8 Å². The number of aromatic nitrogens is 2. The van der Waals surface area contributed by atoms with E-state index in [9.17, 15) is 0 Å². The average molecular weight is 416 g/mol. The van der Waals surface area contributed by atoms with Crippen LogP contribution in [0.2, 0.25) is 0 Å². The van der Waals surface area contributed by atoms with Crippen LogP contribution in [0.4, 0.5) is 5.82 Å². The van der Waals surface area contributed by atoms with Crippen molar-refractivity contribution in [3.63, 3.8) is 0 Å². The van der Waals surface area contributed by atoms with Crippen LogP contribution in [0.5, 0.6) is 5.88 Å². The highest BCUT2D eigenvalue weighted by atomic mass is 16.5. The minimum absolute atomic E-state index is 0.319. The molecule has 2 aromatic heterocycles. The van der Waals surface area contributed by atoms with E-state index < -0.39 is 0 Å². The van der Waals surface area contributed by atoms with Crippen molar-refractivity contribution in [2.45, 2.75) is 72.6 Å². The van der Waals surface area contributed by atoms with Crippen molar-refractivity contribution < 1.29 is 9.84 Å². The van der Waals surface area contributed by atoms with Gasteiger partial charge in [0.05, 0.1) is 18.4 Å². The largest absolute Gasteiger partial charge is 0.480 e. The lowest BCUT2D eigenvalue weighted by molar-refractivity contribution is 0.295. The summed E-state index contributed by atoms with van der Waals surface area (Å²) in [7, 11) is 5.80. The first-order valence-electron chi connectivity index (χ1n) is 11.1. The van der Waals surface area contributed by atoms with Crippen LogP contribution in [0.15, 0.2) is 18.2 Å². The van der Waals surface area contributed by atoms with Gasteiger partial charge in [-0.1, -0.05) is 41.5 Å². The molecule has 5 heteroatoms. The van der Waals surface area contributed by atoms with Crippen molar-refractivity contribution in [1.82, 2.24) is 9.97 Å². The van der Waals surface area contributed by atoms with Crippen LogP contribution in [-0.4, -0.2) is 42.9 Å². The van der Waals surface area contributed by atoms with Gasteiger partial charge in [-0.15, -0.1) is 0 Å². The second-order valence-electron chi connectivity index (χ2n) is 8.14. The molecule has 1 atom stereocenters. The van der Waals surface area contributed by atoms with Gasteiger partial charge in [0.1, 0.15) is 5.82 Å². The van der Waals surface area contributed by atoms with Crippen molar-refractivity contribution in [1.29, 1.82) is 0 Å². The standard InChI is InChI=1S/C22H33N3O.C3H8O/c1-9-15(5)18-13-16(10-2)20(24-21(18)25(6)7)17-11-12-19(14(3)4)23-22(17)26-8;1-2-3-4/h11-15H,9-10H2,1-8H3;4H,2-3H2,1H3/t15-;/m1./s1. The predicted molar refractivity (Wildman–Crippen MR) is 128 cm³/mol. The summed E-state index contributed by atoms with van der Waals surface area (Å²) < 4.78 is 5.62. The number of pyridine rings is 2. The lowest BCUT2D eigenvalue weighted by Gasteiger charge is -2.23. The SMILES string of the molecule is CCCO.CCc1cc([C@H](C)CC)c(N(C)C)nc1-c1ccc(C(C)C)nc1OC. The van der Waals surface area contributed by atoms with Crippen LogP contribution in [-0.2, 0) is 6.42 Å². The highest BCUT2D eigenvalue weighted by Gasteiger charge is 2.20. The number of nitrogens with zero attached hydrogens (tertiary/aromatic N) is 3. The first-order valence-corrected chi connectivity index (χ1v) is 11.1. The van der Waals surface area contributed by atoms with E-state index in [1.807, 2.05) is 6.92 Å².